The zero-order chi connectivity index (χ0) is 17.3. The molecule has 0 atom stereocenters. The largest absolute Gasteiger partial charge is 0.298 e. The van der Waals surface area contributed by atoms with E-state index in [1.807, 2.05) is 43.3 Å². The predicted molar refractivity (Wildman–Crippen MR) is 99.3 cm³/mol. The third-order valence-electron chi connectivity index (χ3n) is 3.97. The lowest BCUT2D eigenvalue weighted by molar-refractivity contribution is -0.128. The summed E-state index contributed by atoms with van der Waals surface area (Å²) in [5, 5.41) is 4.75. The molecule has 2 aromatic rings. The number of fused-ring (bicyclic) bond motifs is 1. The van der Waals surface area contributed by atoms with Crippen LogP contribution in [0.2, 0.25) is 0 Å². The molecule has 0 spiro atoms. The topological polar surface area (TPSA) is 49.4 Å². The molecule has 0 radical (unpaired) electrons. The molecule has 1 saturated heterocycles. The first-order valence-corrected chi connectivity index (χ1v) is 7.92. The van der Waals surface area contributed by atoms with Gasteiger partial charge in [-0.05, 0) is 47.1 Å². The van der Waals surface area contributed by atoms with Crippen LogP contribution in [-0.4, -0.2) is 28.4 Å². The van der Waals surface area contributed by atoms with Gasteiger partial charge in [0.1, 0.15) is 5.57 Å². The molecule has 2 amide bonds. The van der Waals surface area contributed by atoms with Crippen LogP contribution in [0.15, 0.2) is 54.6 Å². The quantitative estimate of drug-likeness (QED) is 0.406. The smallest absolute Gasteiger partial charge is 0.265 e. The van der Waals surface area contributed by atoms with Gasteiger partial charge < -0.3 is 0 Å². The molecule has 1 N–H and O–H groups in total. The highest BCUT2D eigenvalue weighted by Crippen LogP contribution is 2.25. The fraction of sp³-hybridized carbons (Fsp3) is 0.105. The van der Waals surface area contributed by atoms with Gasteiger partial charge >= 0.3 is 0 Å². The molecule has 0 aromatic heterocycles. The third kappa shape index (κ3) is 2.74. The van der Waals surface area contributed by atoms with Crippen LogP contribution < -0.4 is 5.32 Å². The summed E-state index contributed by atoms with van der Waals surface area (Å²) in [7, 11) is 0. The number of hydrogen-bond acceptors (Lipinski definition) is 3. The number of thiocarbonyl (C=S) groups is 1. The highest BCUT2D eigenvalue weighted by atomic mass is 32.1. The number of amides is 2. The molecule has 24 heavy (non-hydrogen) atoms. The molecule has 1 aliphatic rings. The number of benzene rings is 2. The molecule has 0 aliphatic carbocycles. The minimum absolute atomic E-state index is 0.0689. The van der Waals surface area contributed by atoms with Crippen LogP contribution in [0.5, 0.6) is 0 Å². The monoisotopic (exact) mass is 336 g/mol. The van der Waals surface area contributed by atoms with Crippen molar-refractivity contribution in [2.45, 2.75) is 6.92 Å². The zero-order valence-electron chi connectivity index (χ0n) is 13.2. The van der Waals surface area contributed by atoms with Gasteiger partial charge in [0, 0.05) is 6.54 Å². The van der Waals surface area contributed by atoms with Gasteiger partial charge in [0.05, 0.1) is 0 Å². The third-order valence-corrected chi connectivity index (χ3v) is 4.30. The molecule has 0 bridgehead atoms. The van der Waals surface area contributed by atoms with Crippen LogP contribution in [0.4, 0.5) is 0 Å². The fourth-order valence-corrected chi connectivity index (χ4v) is 2.99. The molecule has 1 heterocycles. The van der Waals surface area contributed by atoms with E-state index in [-0.39, 0.29) is 17.2 Å². The van der Waals surface area contributed by atoms with E-state index in [0.29, 0.717) is 0 Å². The molecule has 1 aliphatic heterocycles. The lowest BCUT2D eigenvalue weighted by Crippen LogP contribution is -2.53. The zero-order valence-corrected chi connectivity index (χ0v) is 14.0. The first-order valence-electron chi connectivity index (χ1n) is 7.51. The second kappa shape index (κ2) is 6.37. The van der Waals surface area contributed by atoms with Gasteiger partial charge in [-0.3, -0.25) is 19.8 Å². The summed E-state index contributed by atoms with van der Waals surface area (Å²) >= 11 is 5.06. The minimum atomic E-state index is -0.477. The SMILES string of the molecule is C=CCN1C(=O)/C(=C/c2ccc(C)c3ccccc23)C(=O)NC1=S. The van der Waals surface area contributed by atoms with Crippen LogP contribution >= 0.6 is 12.2 Å². The van der Waals surface area contributed by atoms with Crippen LogP contribution in [0, 0.1) is 6.92 Å². The fourth-order valence-electron chi connectivity index (χ4n) is 2.74. The molecule has 2 aromatic carbocycles. The highest BCUT2D eigenvalue weighted by molar-refractivity contribution is 7.80. The Bertz CT molecular complexity index is 915. The Morgan fingerprint density at radius 3 is 2.58 bits per heavy atom. The average Bonchev–Trinajstić information content (AvgIpc) is 2.57. The second-order valence-electron chi connectivity index (χ2n) is 5.54. The Balaban J connectivity index is 2.12. The van der Waals surface area contributed by atoms with Gasteiger partial charge in [-0.25, -0.2) is 0 Å². The maximum Gasteiger partial charge on any atom is 0.265 e. The van der Waals surface area contributed by atoms with Crippen LogP contribution in [-0.2, 0) is 9.59 Å². The average molecular weight is 336 g/mol. The highest BCUT2D eigenvalue weighted by Gasteiger charge is 2.32. The van der Waals surface area contributed by atoms with Gasteiger partial charge in [0.2, 0.25) is 0 Å². The summed E-state index contributed by atoms with van der Waals surface area (Å²) in [5.74, 6) is -0.886. The van der Waals surface area contributed by atoms with Gasteiger partial charge in [0.25, 0.3) is 11.8 Å². The molecular weight excluding hydrogens is 320 g/mol. The Hall–Kier alpha value is -2.79. The first kappa shape index (κ1) is 16.1. The molecule has 0 unspecified atom stereocenters. The standard InChI is InChI=1S/C19H16N2O2S/c1-3-10-21-18(23)16(17(22)20-19(21)24)11-13-9-8-12(2)14-6-4-5-7-15(13)14/h3-9,11H,1,10H2,2H3,(H,20,22,24)/b16-11+. The normalized spacial score (nSPS) is 16.6. The summed E-state index contributed by atoms with van der Waals surface area (Å²) in [5.41, 5.74) is 2.03. The molecular formula is C19H16N2O2S. The van der Waals surface area contributed by atoms with Crippen molar-refractivity contribution >= 4 is 46.0 Å². The van der Waals surface area contributed by atoms with Crippen LogP contribution in [0.25, 0.3) is 16.8 Å². The molecule has 3 rings (SSSR count). The Labute approximate surface area is 145 Å². The van der Waals surface area contributed by atoms with Gasteiger partial charge in [-0.1, -0.05) is 42.5 Å². The van der Waals surface area contributed by atoms with Gasteiger partial charge in [-0.2, -0.15) is 0 Å². The molecule has 5 heteroatoms. The van der Waals surface area contributed by atoms with Crippen LogP contribution in [0.1, 0.15) is 11.1 Å². The van der Waals surface area contributed by atoms with Crippen molar-refractivity contribution in [3.05, 3.63) is 65.8 Å². The van der Waals surface area contributed by atoms with Crippen molar-refractivity contribution < 1.29 is 9.59 Å². The van der Waals surface area contributed by atoms with Crippen molar-refractivity contribution in [2.24, 2.45) is 0 Å². The number of carbonyl (C=O) groups is 2. The van der Waals surface area contributed by atoms with Crippen molar-refractivity contribution in [1.29, 1.82) is 0 Å². The summed E-state index contributed by atoms with van der Waals surface area (Å²) in [6.07, 6.45) is 3.19. The molecule has 4 nitrogen and oxygen atoms in total. The summed E-state index contributed by atoms with van der Waals surface area (Å²) in [4.78, 5) is 26.2. The minimum Gasteiger partial charge on any atom is -0.298 e. The Morgan fingerprint density at radius 2 is 1.88 bits per heavy atom. The van der Waals surface area contributed by atoms with E-state index < -0.39 is 11.8 Å². The second-order valence-corrected chi connectivity index (χ2v) is 5.93. The Kier molecular flexibility index (Phi) is 4.27. The maximum absolute atomic E-state index is 12.6. The number of aryl methyl sites for hydroxylation is 1. The summed E-state index contributed by atoms with van der Waals surface area (Å²) < 4.78 is 0. The van der Waals surface area contributed by atoms with Crippen LogP contribution in [0.3, 0.4) is 0 Å². The number of nitrogens with one attached hydrogen (secondary N) is 1. The lowest BCUT2D eigenvalue weighted by atomic mass is 9.98. The summed E-state index contributed by atoms with van der Waals surface area (Å²) in [6, 6.07) is 11.8. The summed E-state index contributed by atoms with van der Waals surface area (Å²) in [6.45, 7) is 5.90. The van der Waals surface area contributed by atoms with Gasteiger partial charge in [-0.15, -0.1) is 6.58 Å². The predicted octanol–water partition coefficient (Wildman–Crippen LogP) is 2.96. The van der Waals surface area contributed by atoms with E-state index in [9.17, 15) is 9.59 Å². The van der Waals surface area contributed by atoms with Gasteiger partial charge in [0.15, 0.2) is 5.11 Å². The first-order chi connectivity index (χ1) is 11.5. The van der Waals surface area contributed by atoms with Crippen molar-refractivity contribution in [1.82, 2.24) is 10.2 Å². The molecule has 1 fully saturated rings. The van der Waals surface area contributed by atoms with E-state index in [2.05, 4.69) is 11.9 Å². The van der Waals surface area contributed by atoms with Crippen molar-refractivity contribution in [2.75, 3.05) is 6.54 Å². The lowest BCUT2D eigenvalue weighted by Gasteiger charge is -2.27. The molecule has 120 valence electrons. The van der Waals surface area contributed by atoms with E-state index in [0.717, 1.165) is 21.9 Å². The maximum atomic E-state index is 12.6. The van der Waals surface area contributed by atoms with Crippen molar-refractivity contribution in [3.63, 3.8) is 0 Å². The number of rotatable bonds is 3. The Morgan fingerprint density at radius 1 is 1.17 bits per heavy atom. The number of nitrogens with zero attached hydrogens (tertiary/aromatic N) is 1. The van der Waals surface area contributed by atoms with E-state index in [4.69, 9.17) is 12.2 Å². The number of hydrogen-bond donors (Lipinski definition) is 1. The molecule has 0 saturated carbocycles. The van der Waals surface area contributed by atoms with E-state index in [1.165, 1.54) is 4.90 Å². The van der Waals surface area contributed by atoms with Crippen molar-refractivity contribution in [3.8, 4) is 0 Å². The van der Waals surface area contributed by atoms with E-state index >= 15 is 0 Å². The van der Waals surface area contributed by atoms with E-state index in [1.54, 1.807) is 12.2 Å². The number of carbonyl (C=O) groups excluding carboxylic acids is 2.